The van der Waals surface area contributed by atoms with Gasteiger partial charge in [-0.3, -0.25) is 14.5 Å². The van der Waals surface area contributed by atoms with Gasteiger partial charge in [0, 0.05) is 17.6 Å². The quantitative estimate of drug-likeness (QED) is 0.746. The number of hydrogen-bond donors (Lipinski definition) is 1. The first-order valence-electron chi connectivity index (χ1n) is 7.77. The summed E-state index contributed by atoms with van der Waals surface area (Å²) >= 11 is 3.48. The fourth-order valence-electron chi connectivity index (χ4n) is 2.76. The molecule has 0 aliphatic carbocycles. The molecule has 3 aromatic rings. The smallest absolute Gasteiger partial charge is 0.242 e. The Hall–Kier alpha value is -2.21. The largest absolute Gasteiger partial charge is 0.350 e. The van der Waals surface area contributed by atoms with E-state index in [-0.39, 0.29) is 12.5 Å². The van der Waals surface area contributed by atoms with Crippen LogP contribution in [0.1, 0.15) is 22.6 Å². The van der Waals surface area contributed by atoms with Gasteiger partial charge in [0.1, 0.15) is 6.54 Å². The number of carbonyl (C=O) groups excluding carboxylic acids is 1. The van der Waals surface area contributed by atoms with Crippen LogP contribution in [0.2, 0.25) is 0 Å². The SMILES string of the molecule is Cc1cc(CNC(=O)Cn2nc(C)c(Br)c2C)c2ccccc2n1. The van der Waals surface area contributed by atoms with Gasteiger partial charge in [-0.1, -0.05) is 18.2 Å². The molecule has 1 N–H and O–H groups in total. The zero-order valence-electron chi connectivity index (χ0n) is 13.9. The predicted molar refractivity (Wildman–Crippen MR) is 97.7 cm³/mol. The summed E-state index contributed by atoms with van der Waals surface area (Å²) in [6, 6.07) is 9.99. The van der Waals surface area contributed by atoms with Gasteiger partial charge in [-0.25, -0.2) is 0 Å². The zero-order valence-corrected chi connectivity index (χ0v) is 15.5. The normalized spacial score (nSPS) is 11.0. The molecule has 0 aliphatic heterocycles. The summed E-state index contributed by atoms with van der Waals surface area (Å²) in [6.07, 6.45) is 0. The van der Waals surface area contributed by atoms with Crippen LogP contribution in [-0.4, -0.2) is 20.7 Å². The number of rotatable bonds is 4. The van der Waals surface area contributed by atoms with E-state index in [9.17, 15) is 4.79 Å². The molecule has 0 bridgehead atoms. The van der Waals surface area contributed by atoms with Crippen LogP contribution in [-0.2, 0) is 17.9 Å². The molecule has 1 amide bonds. The number of nitrogens with one attached hydrogen (secondary N) is 1. The summed E-state index contributed by atoms with van der Waals surface area (Å²) in [5.41, 5.74) is 4.80. The zero-order chi connectivity index (χ0) is 17.3. The van der Waals surface area contributed by atoms with E-state index in [0.717, 1.165) is 38.0 Å². The standard InChI is InChI=1S/C18H19BrN4O/c1-11-8-14(15-6-4-5-7-16(15)21-11)9-20-17(24)10-23-13(3)18(19)12(2)22-23/h4-8H,9-10H2,1-3H3,(H,20,24). The second kappa shape index (κ2) is 6.73. The molecule has 0 unspecified atom stereocenters. The van der Waals surface area contributed by atoms with Crippen molar-refractivity contribution < 1.29 is 4.79 Å². The number of aryl methyl sites for hydroxylation is 2. The van der Waals surface area contributed by atoms with Crippen molar-refractivity contribution in [2.45, 2.75) is 33.9 Å². The maximum atomic E-state index is 12.3. The first kappa shape index (κ1) is 16.6. The molecule has 1 aromatic carbocycles. The Bertz CT molecular complexity index is 917. The van der Waals surface area contributed by atoms with E-state index < -0.39 is 0 Å². The lowest BCUT2D eigenvalue weighted by Crippen LogP contribution is -2.28. The van der Waals surface area contributed by atoms with Crippen LogP contribution in [0.25, 0.3) is 10.9 Å². The van der Waals surface area contributed by atoms with E-state index in [0.29, 0.717) is 6.54 Å². The van der Waals surface area contributed by atoms with Crippen LogP contribution < -0.4 is 5.32 Å². The number of fused-ring (bicyclic) bond motifs is 1. The summed E-state index contributed by atoms with van der Waals surface area (Å²) in [5.74, 6) is -0.0633. The fourth-order valence-corrected chi connectivity index (χ4v) is 3.04. The van der Waals surface area contributed by atoms with Gasteiger partial charge in [0.2, 0.25) is 5.91 Å². The number of amides is 1. The van der Waals surface area contributed by atoms with Crippen LogP contribution in [0.15, 0.2) is 34.8 Å². The Kier molecular flexibility index (Phi) is 4.66. The lowest BCUT2D eigenvalue weighted by atomic mass is 10.1. The molecule has 3 rings (SSSR count). The summed E-state index contributed by atoms with van der Waals surface area (Å²) in [4.78, 5) is 16.8. The van der Waals surface area contributed by atoms with E-state index in [1.807, 2.05) is 51.1 Å². The number of aromatic nitrogens is 3. The van der Waals surface area contributed by atoms with Crippen molar-refractivity contribution in [3.05, 3.63) is 57.4 Å². The summed E-state index contributed by atoms with van der Waals surface area (Å²) in [5, 5.41) is 8.41. The molecule has 0 fully saturated rings. The van der Waals surface area contributed by atoms with Gasteiger partial charge >= 0.3 is 0 Å². The topological polar surface area (TPSA) is 59.8 Å². The monoisotopic (exact) mass is 386 g/mol. The molecule has 0 aliphatic rings. The number of halogens is 1. The van der Waals surface area contributed by atoms with Crippen molar-refractivity contribution in [3.8, 4) is 0 Å². The highest BCUT2D eigenvalue weighted by Crippen LogP contribution is 2.20. The van der Waals surface area contributed by atoms with Crippen molar-refractivity contribution in [3.63, 3.8) is 0 Å². The maximum Gasteiger partial charge on any atom is 0.242 e. The van der Waals surface area contributed by atoms with Crippen LogP contribution in [0.5, 0.6) is 0 Å². The molecule has 0 radical (unpaired) electrons. The molecule has 6 heteroatoms. The molecule has 0 spiro atoms. The summed E-state index contributed by atoms with van der Waals surface area (Å²) < 4.78 is 2.66. The number of pyridine rings is 1. The van der Waals surface area contributed by atoms with E-state index >= 15 is 0 Å². The van der Waals surface area contributed by atoms with Gasteiger partial charge in [0.05, 0.1) is 21.4 Å². The number of para-hydroxylation sites is 1. The summed E-state index contributed by atoms with van der Waals surface area (Å²) in [7, 11) is 0. The maximum absolute atomic E-state index is 12.3. The van der Waals surface area contributed by atoms with Gasteiger partial charge in [-0.05, 0) is 54.4 Å². The van der Waals surface area contributed by atoms with Gasteiger partial charge in [-0.15, -0.1) is 0 Å². The average Bonchev–Trinajstić information content (AvgIpc) is 2.79. The van der Waals surface area contributed by atoms with Crippen LogP contribution >= 0.6 is 15.9 Å². The third-order valence-corrected chi connectivity index (χ3v) is 5.14. The molecule has 2 aromatic heterocycles. The molecule has 0 saturated heterocycles. The predicted octanol–water partition coefficient (Wildman–Crippen LogP) is 3.44. The lowest BCUT2D eigenvalue weighted by Gasteiger charge is -2.10. The third kappa shape index (κ3) is 3.33. The van der Waals surface area contributed by atoms with Crippen molar-refractivity contribution in [2.75, 3.05) is 0 Å². The Balaban J connectivity index is 1.74. The number of carbonyl (C=O) groups is 1. The number of hydrogen-bond acceptors (Lipinski definition) is 3. The highest BCUT2D eigenvalue weighted by atomic mass is 79.9. The Morgan fingerprint density at radius 2 is 2.00 bits per heavy atom. The van der Waals surface area contributed by atoms with E-state index in [2.05, 4.69) is 31.3 Å². The minimum Gasteiger partial charge on any atom is -0.350 e. The molecule has 5 nitrogen and oxygen atoms in total. The number of benzene rings is 1. The van der Waals surface area contributed by atoms with Crippen LogP contribution in [0.4, 0.5) is 0 Å². The molecule has 24 heavy (non-hydrogen) atoms. The van der Waals surface area contributed by atoms with Crippen molar-refractivity contribution in [2.24, 2.45) is 0 Å². The van der Waals surface area contributed by atoms with Crippen LogP contribution in [0, 0.1) is 20.8 Å². The first-order valence-corrected chi connectivity index (χ1v) is 8.56. The summed E-state index contributed by atoms with van der Waals surface area (Å²) in [6.45, 7) is 6.50. The third-order valence-electron chi connectivity index (χ3n) is 3.99. The van der Waals surface area contributed by atoms with Crippen LogP contribution in [0.3, 0.4) is 0 Å². The van der Waals surface area contributed by atoms with Gasteiger partial charge in [0.15, 0.2) is 0 Å². The fraction of sp³-hybridized carbons (Fsp3) is 0.278. The van der Waals surface area contributed by atoms with Crippen molar-refractivity contribution in [1.82, 2.24) is 20.1 Å². The van der Waals surface area contributed by atoms with Gasteiger partial charge in [0.25, 0.3) is 0 Å². The molecule has 0 atom stereocenters. The van der Waals surface area contributed by atoms with Gasteiger partial charge < -0.3 is 5.32 Å². The molecule has 124 valence electrons. The minimum atomic E-state index is -0.0633. The van der Waals surface area contributed by atoms with Crippen molar-refractivity contribution in [1.29, 1.82) is 0 Å². The number of nitrogens with zero attached hydrogens (tertiary/aromatic N) is 3. The van der Waals surface area contributed by atoms with E-state index in [4.69, 9.17) is 0 Å². The van der Waals surface area contributed by atoms with E-state index in [1.165, 1.54) is 0 Å². The Labute approximate surface area is 149 Å². The second-order valence-corrected chi connectivity index (χ2v) is 6.65. The molecule has 2 heterocycles. The average molecular weight is 387 g/mol. The second-order valence-electron chi connectivity index (χ2n) is 5.86. The highest BCUT2D eigenvalue weighted by Gasteiger charge is 2.12. The van der Waals surface area contributed by atoms with Crippen molar-refractivity contribution >= 4 is 32.7 Å². The van der Waals surface area contributed by atoms with E-state index in [1.54, 1.807) is 4.68 Å². The molecule has 0 saturated carbocycles. The first-order chi connectivity index (χ1) is 11.5. The molecular formula is C18H19BrN4O. The Morgan fingerprint density at radius 3 is 2.71 bits per heavy atom. The lowest BCUT2D eigenvalue weighted by molar-refractivity contribution is -0.122. The Morgan fingerprint density at radius 1 is 1.25 bits per heavy atom. The molecular weight excluding hydrogens is 368 g/mol. The van der Waals surface area contributed by atoms with Gasteiger partial charge in [-0.2, -0.15) is 5.10 Å². The minimum absolute atomic E-state index is 0.0633. The highest BCUT2D eigenvalue weighted by molar-refractivity contribution is 9.10.